The summed E-state index contributed by atoms with van der Waals surface area (Å²) < 4.78 is 0. The normalized spacial score (nSPS) is 24.3. The Morgan fingerprint density at radius 2 is 1.62 bits per heavy atom. The molecule has 3 atom stereocenters. The van der Waals surface area contributed by atoms with Gasteiger partial charge in [-0.3, -0.25) is 4.90 Å². The lowest BCUT2D eigenvalue weighted by atomic mass is 9.99. The number of aliphatic hydroxyl groups excluding tert-OH is 1. The summed E-state index contributed by atoms with van der Waals surface area (Å²) in [4.78, 5) is 2.35. The molecule has 0 saturated heterocycles. The summed E-state index contributed by atoms with van der Waals surface area (Å²) in [6.45, 7) is 5.15. The molecule has 3 rings (SSSR count). The maximum absolute atomic E-state index is 10.4. The SMILES string of the molecule is Cc1ccc(CN(C)C2c3ccccc3C(O)C2C)cc1. The molecule has 0 aliphatic heterocycles. The maximum atomic E-state index is 10.4. The van der Waals surface area contributed by atoms with Gasteiger partial charge in [-0.25, -0.2) is 0 Å². The third-order valence-electron chi connectivity index (χ3n) is 4.66. The standard InChI is InChI=1S/C19H23NO/c1-13-8-10-15(11-9-13)12-20(3)18-14(2)19(21)17-7-5-4-6-16(17)18/h4-11,14,18-19,21H,12H2,1-3H3. The number of rotatable bonds is 3. The van der Waals surface area contributed by atoms with Crippen LogP contribution in [0.3, 0.4) is 0 Å². The molecule has 2 aromatic rings. The predicted octanol–water partition coefficient (Wildman–Crippen LogP) is 3.85. The molecular formula is C19H23NO. The van der Waals surface area contributed by atoms with Gasteiger partial charge in [0.25, 0.3) is 0 Å². The molecule has 2 heteroatoms. The molecule has 3 unspecified atom stereocenters. The second kappa shape index (κ2) is 5.63. The van der Waals surface area contributed by atoms with E-state index in [1.54, 1.807) is 0 Å². The second-order valence-corrected chi connectivity index (χ2v) is 6.28. The Morgan fingerprint density at radius 3 is 2.29 bits per heavy atom. The van der Waals surface area contributed by atoms with Crippen molar-refractivity contribution in [2.45, 2.75) is 32.5 Å². The van der Waals surface area contributed by atoms with Crippen molar-refractivity contribution in [3.63, 3.8) is 0 Å². The van der Waals surface area contributed by atoms with Gasteiger partial charge in [-0.1, -0.05) is 61.0 Å². The number of aliphatic hydroxyl groups is 1. The molecule has 2 nitrogen and oxygen atoms in total. The van der Waals surface area contributed by atoms with Crippen LogP contribution in [0, 0.1) is 12.8 Å². The van der Waals surface area contributed by atoms with Crippen molar-refractivity contribution in [3.8, 4) is 0 Å². The van der Waals surface area contributed by atoms with E-state index in [1.807, 2.05) is 6.07 Å². The summed E-state index contributed by atoms with van der Waals surface area (Å²) in [6.07, 6.45) is -0.355. The molecule has 1 N–H and O–H groups in total. The van der Waals surface area contributed by atoms with Crippen LogP contribution in [0.4, 0.5) is 0 Å². The smallest absolute Gasteiger partial charge is 0.0837 e. The first-order valence-corrected chi connectivity index (χ1v) is 7.60. The van der Waals surface area contributed by atoms with Crippen LogP contribution in [0.5, 0.6) is 0 Å². The lowest BCUT2D eigenvalue weighted by Crippen LogP contribution is -2.27. The van der Waals surface area contributed by atoms with Crippen molar-refractivity contribution in [2.75, 3.05) is 7.05 Å². The Kier molecular flexibility index (Phi) is 3.83. The van der Waals surface area contributed by atoms with Gasteiger partial charge >= 0.3 is 0 Å². The molecule has 0 fully saturated rings. The van der Waals surface area contributed by atoms with Gasteiger partial charge in [-0.2, -0.15) is 0 Å². The highest BCUT2D eigenvalue weighted by Gasteiger charge is 2.38. The molecule has 0 spiro atoms. The first-order valence-electron chi connectivity index (χ1n) is 7.60. The number of nitrogens with zero attached hydrogens (tertiary/aromatic N) is 1. The second-order valence-electron chi connectivity index (χ2n) is 6.28. The van der Waals surface area contributed by atoms with Gasteiger partial charge in [0.2, 0.25) is 0 Å². The van der Waals surface area contributed by atoms with E-state index in [2.05, 4.69) is 68.3 Å². The van der Waals surface area contributed by atoms with Gasteiger partial charge < -0.3 is 5.11 Å². The molecule has 110 valence electrons. The van der Waals surface area contributed by atoms with Crippen molar-refractivity contribution in [2.24, 2.45) is 5.92 Å². The quantitative estimate of drug-likeness (QED) is 0.923. The van der Waals surface area contributed by atoms with Crippen molar-refractivity contribution in [3.05, 3.63) is 70.8 Å². The van der Waals surface area contributed by atoms with Gasteiger partial charge in [-0.15, -0.1) is 0 Å². The largest absolute Gasteiger partial charge is 0.388 e. The van der Waals surface area contributed by atoms with Crippen LogP contribution >= 0.6 is 0 Å². The number of fused-ring (bicyclic) bond motifs is 1. The van der Waals surface area contributed by atoms with E-state index in [0.29, 0.717) is 0 Å². The fourth-order valence-electron chi connectivity index (χ4n) is 3.51. The highest BCUT2D eigenvalue weighted by Crippen LogP contribution is 2.46. The summed E-state index contributed by atoms with van der Waals surface area (Å²) in [6, 6.07) is 17.2. The number of hydrogen-bond acceptors (Lipinski definition) is 2. The first kappa shape index (κ1) is 14.3. The predicted molar refractivity (Wildman–Crippen MR) is 86.0 cm³/mol. The molecular weight excluding hydrogens is 258 g/mol. The van der Waals surface area contributed by atoms with Gasteiger partial charge in [0, 0.05) is 18.5 Å². The van der Waals surface area contributed by atoms with Crippen LogP contribution in [0.2, 0.25) is 0 Å². The minimum Gasteiger partial charge on any atom is -0.388 e. The summed E-state index contributed by atoms with van der Waals surface area (Å²) in [7, 11) is 2.15. The molecule has 0 aromatic heterocycles. The fourth-order valence-corrected chi connectivity index (χ4v) is 3.51. The third kappa shape index (κ3) is 2.61. The van der Waals surface area contributed by atoms with Crippen molar-refractivity contribution >= 4 is 0 Å². The van der Waals surface area contributed by atoms with E-state index in [4.69, 9.17) is 0 Å². The van der Waals surface area contributed by atoms with Crippen LogP contribution in [-0.2, 0) is 6.54 Å². The highest BCUT2D eigenvalue weighted by molar-refractivity contribution is 5.38. The van der Waals surface area contributed by atoms with Crippen molar-refractivity contribution in [1.29, 1.82) is 0 Å². The van der Waals surface area contributed by atoms with Gasteiger partial charge in [0.15, 0.2) is 0 Å². The molecule has 0 amide bonds. The topological polar surface area (TPSA) is 23.5 Å². The monoisotopic (exact) mass is 281 g/mol. The van der Waals surface area contributed by atoms with Gasteiger partial charge in [-0.05, 0) is 30.7 Å². The van der Waals surface area contributed by atoms with E-state index < -0.39 is 0 Å². The van der Waals surface area contributed by atoms with Gasteiger partial charge in [0.1, 0.15) is 0 Å². The zero-order chi connectivity index (χ0) is 15.0. The minimum atomic E-state index is -0.355. The Morgan fingerprint density at radius 1 is 1.00 bits per heavy atom. The fraction of sp³-hybridized carbons (Fsp3) is 0.368. The molecule has 21 heavy (non-hydrogen) atoms. The maximum Gasteiger partial charge on any atom is 0.0837 e. The van der Waals surface area contributed by atoms with Crippen LogP contribution in [0.15, 0.2) is 48.5 Å². The van der Waals surface area contributed by atoms with E-state index in [1.165, 1.54) is 16.7 Å². The van der Waals surface area contributed by atoms with Crippen LogP contribution in [0.1, 0.15) is 41.3 Å². The number of benzene rings is 2. The average molecular weight is 281 g/mol. The van der Waals surface area contributed by atoms with Gasteiger partial charge in [0.05, 0.1) is 6.10 Å². The van der Waals surface area contributed by atoms with Crippen LogP contribution < -0.4 is 0 Å². The molecule has 0 saturated carbocycles. The average Bonchev–Trinajstić information content (AvgIpc) is 2.74. The molecule has 0 heterocycles. The first-order chi connectivity index (χ1) is 10.1. The van der Waals surface area contributed by atoms with Crippen LogP contribution in [-0.4, -0.2) is 17.1 Å². The Balaban J connectivity index is 1.84. The zero-order valence-corrected chi connectivity index (χ0v) is 13.0. The lowest BCUT2D eigenvalue weighted by molar-refractivity contribution is 0.0754. The van der Waals surface area contributed by atoms with Crippen LogP contribution in [0.25, 0.3) is 0 Å². The van der Waals surface area contributed by atoms with Crippen molar-refractivity contribution < 1.29 is 5.11 Å². The minimum absolute atomic E-state index is 0.220. The Hall–Kier alpha value is -1.64. The van der Waals surface area contributed by atoms with E-state index in [9.17, 15) is 5.11 Å². The summed E-state index contributed by atoms with van der Waals surface area (Å²) in [5.74, 6) is 0.220. The molecule has 2 aromatic carbocycles. The molecule has 0 bridgehead atoms. The number of hydrogen-bond donors (Lipinski definition) is 1. The van der Waals surface area contributed by atoms with Crippen molar-refractivity contribution in [1.82, 2.24) is 4.90 Å². The number of aryl methyl sites for hydroxylation is 1. The Labute approximate surface area is 127 Å². The summed E-state index contributed by atoms with van der Waals surface area (Å²) in [5.41, 5.74) is 4.96. The molecule has 1 aliphatic rings. The summed E-state index contributed by atoms with van der Waals surface area (Å²) in [5, 5.41) is 10.4. The molecule has 1 aliphatic carbocycles. The zero-order valence-electron chi connectivity index (χ0n) is 13.0. The van der Waals surface area contributed by atoms with E-state index in [-0.39, 0.29) is 18.1 Å². The van der Waals surface area contributed by atoms with E-state index >= 15 is 0 Å². The highest BCUT2D eigenvalue weighted by atomic mass is 16.3. The lowest BCUT2D eigenvalue weighted by Gasteiger charge is -2.29. The Bertz CT molecular complexity index is 620. The summed E-state index contributed by atoms with van der Waals surface area (Å²) >= 11 is 0. The molecule has 0 radical (unpaired) electrons. The third-order valence-corrected chi connectivity index (χ3v) is 4.66. The van der Waals surface area contributed by atoms with E-state index in [0.717, 1.165) is 12.1 Å².